The molecule has 6 heteroatoms. The van der Waals surface area contributed by atoms with Crippen LogP contribution in [0.5, 0.6) is 0 Å². The zero-order valence-corrected chi connectivity index (χ0v) is 15.9. The van der Waals surface area contributed by atoms with Crippen LogP contribution < -0.4 is 0 Å². The summed E-state index contributed by atoms with van der Waals surface area (Å²) in [5.41, 5.74) is -0.988. The van der Waals surface area contributed by atoms with E-state index >= 15 is 0 Å². The zero-order chi connectivity index (χ0) is 19.6. The Morgan fingerprint density at radius 3 is 2.54 bits per heavy atom. The van der Waals surface area contributed by atoms with Crippen molar-refractivity contribution in [2.45, 2.75) is 83.4 Å². The maximum absolute atomic E-state index is 12.9. The molecule has 1 aromatic rings. The molecule has 0 spiro atoms. The van der Waals surface area contributed by atoms with E-state index in [1.807, 2.05) is 27.7 Å². The summed E-state index contributed by atoms with van der Waals surface area (Å²) in [6.45, 7) is 7.52. The molecule has 2 rings (SSSR count). The van der Waals surface area contributed by atoms with Crippen LogP contribution in [-0.2, 0) is 21.1 Å². The van der Waals surface area contributed by atoms with Crippen molar-refractivity contribution in [1.82, 2.24) is 4.98 Å². The second kappa shape index (κ2) is 7.57. The quantitative estimate of drug-likeness (QED) is 0.458. The number of alkyl halides is 3. The van der Waals surface area contributed by atoms with Crippen LogP contribution in [0.2, 0.25) is 0 Å². The topological polar surface area (TPSA) is 39.2 Å². The fourth-order valence-corrected chi connectivity index (χ4v) is 3.61. The van der Waals surface area contributed by atoms with Gasteiger partial charge in [0.15, 0.2) is 0 Å². The second-order valence-electron chi connectivity index (χ2n) is 8.15. The molecule has 1 saturated carbocycles. The number of halogens is 3. The van der Waals surface area contributed by atoms with Gasteiger partial charge < -0.3 is 4.74 Å². The standard InChI is InChI=1S/C20H28F3NO2/c1-5-19(15-10-8-11-16(24-15)20(21,22)23)13-14(19)9-6-7-12-17(25)26-18(2,3)4/h8,10-11,14H,5-7,9,12-13H2,1-4H3. The van der Waals surface area contributed by atoms with Crippen molar-refractivity contribution < 1.29 is 22.7 Å². The number of hydrogen-bond donors (Lipinski definition) is 0. The lowest BCUT2D eigenvalue weighted by Crippen LogP contribution is -2.23. The number of ether oxygens (including phenoxy) is 1. The highest BCUT2D eigenvalue weighted by atomic mass is 19.4. The van der Waals surface area contributed by atoms with Gasteiger partial charge in [-0.1, -0.05) is 19.4 Å². The third kappa shape index (κ3) is 5.21. The van der Waals surface area contributed by atoms with E-state index in [9.17, 15) is 18.0 Å². The average Bonchev–Trinajstić information content (AvgIpc) is 3.24. The summed E-state index contributed by atoms with van der Waals surface area (Å²) in [6, 6.07) is 4.17. The number of carbonyl (C=O) groups is 1. The van der Waals surface area contributed by atoms with E-state index in [2.05, 4.69) is 4.98 Å². The Balaban J connectivity index is 1.87. The number of hydrogen-bond acceptors (Lipinski definition) is 3. The van der Waals surface area contributed by atoms with Crippen LogP contribution in [0.15, 0.2) is 18.2 Å². The Bertz CT molecular complexity index is 637. The first-order valence-corrected chi connectivity index (χ1v) is 9.24. The number of pyridine rings is 1. The molecular formula is C20H28F3NO2. The van der Waals surface area contributed by atoms with Gasteiger partial charge in [-0.05, 0) is 64.5 Å². The number of rotatable bonds is 7. The van der Waals surface area contributed by atoms with Crippen LogP contribution in [0.1, 0.15) is 77.6 Å². The Hall–Kier alpha value is -1.59. The van der Waals surface area contributed by atoms with E-state index < -0.39 is 17.5 Å². The van der Waals surface area contributed by atoms with Gasteiger partial charge in [-0.2, -0.15) is 13.2 Å². The van der Waals surface area contributed by atoms with Gasteiger partial charge in [-0.25, -0.2) is 4.98 Å². The van der Waals surface area contributed by atoms with Crippen molar-refractivity contribution in [3.8, 4) is 0 Å². The molecule has 26 heavy (non-hydrogen) atoms. The normalized spacial score (nSPS) is 23.0. The third-order valence-electron chi connectivity index (χ3n) is 5.02. The number of aromatic nitrogens is 1. The van der Waals surface area contributed by atoms with Crippen molar-refractivity contribution in [2.75, 3.05) is 0 Å². The van der Waals surface area contributed by atoms with Crippen LogP contribution in [0.25, 0.3) is 0 Å². The van der Waals surface area contributed by atoms with Crippen LogP contribution in [-0.4, -0.2) is 16.6 Å². The summed E-state index contributed by atoms with van der Waals surface area (Å²) in [5, 5.41) is 0. The Kier molecular flexibility index (Phi) is 6.03. The molecule has 2 unspecified atom stereocenters. The molecule has 0 saturated heterocycles. The van der Waals surface area contributed by atoms with Crippen LogP contribution >= 0.6 is 0 Å². The van der Waals surface area contributed by atoms with E-state index in [0.717, 1.165) is 38.2 Å². The number of esters is 1. The minimum absolute atomic E-state index is 0.199. The fraction of sp³-hybridized carbons (Fsp3) is 0.700. The lowest BCUT2D eigenvalue weighted by atomic mass is 9.92. The lowest BCUT2D eigenvalue weighted by molar-refractivity contribution is -0.155. The molecule has 1 aliphatic carbocycles. The summed E-state index contributed by atoms with van der Waals surface area (Å²) < 4.78 is 44.0. The van der Waals surface area contributed by atoms with Gasteiger partial charge in [0, 0.05) is 17.5 Å². The third-order valence-corrected chi connectivity index (χ3v) is 5.02. The Morgan fingerprint density at radius 1 is 1.27 bits per heavy atom. The summed E-state index contributed by atoms with van der Waals surface area (Å²) in [4.78, 5) is 15.6. The summed E-state index contributed by atoms with van der Waals surface area (Å²) in [6.07, 6.45) is 0.108. The van der Waals surface area contributed by atoms with Crippen molar-refractivity contribution in [2.24, 2.45) is 5.92 Å². The van der Waals surface area contributed by atoms with E-state index in [4.69, 9.17) is 4.74 Å². The maximum Gasteiger partial charge on any atom is 0.433 e. The van der Waals surface area contributed by atoms with Gasteiger partial charge >= 0.3 is 12.1 Å². The van der Waals surface area contributed by atoms with Crippen LogP contribution in [0.4, 0.5) is 13.2 Å². The monoisotopic (exact) mass is 371 g/mol. The highest BCUT2D eigenvalue weighted by molar-refractivity contribution is 5.69. The zero-order valence-electron chi connectivity index (χ0n) is 15.9. The first kappa shape index (κ1) is 20.7. The first-order valence-electron chi connectivity index (χ1n) is 9.24. The highest BCUT2D eigenvalue weighted by Crippen LogP contribution is 2.58. The van der Waals surface area contributed by atoms with Gasteiger partial charge in [-0.15, -0.1) is 0 Å². The molecule has 1 aromatic heterocycles. The minimum atomic E-state index is -4.41. The molecule has 1 aliphatic rings. The molecule has 0 N–H and O–H groups in total. The van der Waals surface area contributed by atoms with Gasteiger partial charge in [0.1, 0.15) is 11.3 Å². The van der Waals surface area contributed by atoms with E-state index in [1.165, 1.54) is 6.07 Å². The van der Waals surface area contributed by atoms with Crippen molar-refractivity contribution in [3.05, 3.63) is 29.6 Å². The Morgan fingerprint density at radius 2 is 1.96 bits per heavy atom. The second-order valence-corrected chi connectivity index (χ2v) is 8.15. The molecule has 1 fully saturated rings. The molecule has 2 atom stereocenters. The highest BCUT2D eigenvalue weighted by Gasteiger charge is 2.54. The summed E-state index contributed by atoms with van der Waals surface area (Å²) >= 11 is 0. The SMILES string of the molecule is CCC1(c2cccc(C(F)(F)F)n2)CC1CCCCC(=O)OC(C)(C)C. The lowest BCUT2D eigenvalue weighted by Gasteiger charge is -2.19. The average molecular weight is 371 g/mol. The molecule has 0 aromatic carbocycles. The number of unbranched alkanes of at least 4 members (excludes halogenated alkanes) is 1. The van der Waals surface area contributed by atoms with Crippen molar-refractivity contribution in [3.63, 3.8) is 0 Å². The maximum atomic E-state index is 12.9. The smallest absolute Gasteiger partial charge is 0.433 e. The van der Waals surface area contributed by atoms with Gasteiger partial charge in [0.25, 0.3) is 0 Å². The predicted octanol–water partition coefficient (Wildman–Crippen LogP) is 5.67. The fourth-order valence-electron chi connectivity index (χ4n) is 3.61. The molecule has 0 aliphatic heterocycles. The van der Waals surface area contributed by atoms with E-state index in [-0.39, 0.29) is 11.4 Å². The summed E-state index contributed by atoms with van der Waals surface area (Å²) in [5.74, 6) is 0.136. The van der Waals surface area contributed by atoms with E-state index in [0.29, 0.717) is 18.0 Å². The van der Waals surface area contributed by atoms with Gasteiger partial charge in [-0.3, -0.25) is 4.79 Å². The Labute approximate surface area is 153 Å². The molecule has 0 amide bonds. The number of nitrogens with zero attached hydrogens (tertiary/aromatic N) is 1. The molecule has 0 bridgehead atoms. The largest absolute Gasteiger partial charge is 0.460 e. The molecule has 0 radical (unpaired) electrons. The van der Waals surface area contributed by atoms with Gasteiger partial charge in [0.2, 0.25) is 0 Å². The van der Waals surface area contributed by atoms with E-state index in [1.54, 1.807) is 6.07 Å². The molecular weight excluding hydrogens is 343 g/mol. The predicted molar refractivity (Wildman–Crippen MR) is 93.6 cm³/mol. The number of carbonyl (C=O) groups excluding carboxylic acids is 1. The van der Waals surface area contributed by atoms with Crippen molar-refractivity contribution in [1.29, 1.82) is 0 Å². The van der Waals surface area contributed by atoms with Gasteiger partial charge in [0.05, 0.1) is 0 Å². The molecule has 146 valence electrons. The molecule has 1 heterocycles. The minimum Gasteiger partial charge on any atom is -0.460 e. The summed E-state index contributed by atoms with van der Waals surface area (Å²) in [7, 11) is 0. The van der Waals surface area contributed by atoms with Crippen LogP contribution in [0, 0.1) is 5.92 Å². The first-order chi connectivity index (χ1) is 12.0. The van der Waals surface area contributed by atoms with Crippen molar-refractivity contribution >= 4 is 5.97 Å². The molecule has 3 nitrogen and oxygen atoms in total. The van der Waals surface area contributed by atoms with Crippen LogP contribution in [0.3, 0.4) is 0 Å².